The highest BCUT2D eigenvalue weighted by Crippen LogP contribution is 2.25. The lowest BCUT2D eigenvalue weighted by molar-refractivity contribution is -0.129. The average molecular weight is 262 g/mol. The molecule has 0 radical (unpaired) electrons. The third-order valence-corrected chi connectivity index (χ3v) is 3.22. The van der Waals surface area contributed by atoms with Crippen molar-refractivity contribution in [2.24, 2.45) is 11.1 Å². The summed E-state index contributed by atoms with van der Waals surface area (Å²) in [6.07, 6.45) is 0. The van der Waals surface area contributed by atoms with Gasteiger partial charge in [-0.25, -0.2) is 0 Å². The molecule has 0 aliphatic carbocycles. The maximum absolute atomic E-state index is 12.1. The first kappa shape index (κ1) is 15.7. The summed E-state index contributed by atoms with van der Waals surface area (Å²) in [5.74, 6) is 0.443. The first-order chi connectivity index (χ1) is 8.77. The van der Waals surface area contributed by atoms with Crippen LogP contribution < -0.4 is 11.1 Å². The fraction of sp³-hybridized carbons (Fsp3) is 0.562. The molecule has 0 bridgehead atoms. The Labute approximate surface area is 116 Å². The first-order valence-electron chi connectivity index (χ1n) is 6.87. The Morgan fingerprint density at radius 1 is 1.21 bits per heavy atom. The summed E-state index contributed by atoms with van der Waals surface area (Å²) in [7, 11) is 0. The number of rotatable bonds is 4. The third kappa shape index (κ3) is 4.06. The van der Waals surface area contributed by atoms with Gasteiger partial charge in [-0.15, -0.1) is 0 Å². The summed E-state index contributed by atoms with van der Waals surface area (Å²) in [6.45, 7) is 10.4. The molecule has 0 fully saturated rings. The molecule has 1 rings (SSSR count). The Morgan fingerprint density at radius 3 is 2.16 bits per heavy atom. The van der Waals surface area contributed by atoms with Gasteiger partial charge in [0, 0.05) is 12.0 Å². The van der Waals surface area contributed by atoms with Gasteiger partial charge in [0.05, 0.1) is 6.04 Å². The lowest BCUT2D eigenvalue weighted by Gasteiger charge is -2.26. The zero-order chi connectivity index (χ0) is 14.6. The van der Waals surface area contributed by atoms with Gasteiger partial charge < -0.3 is 11.1 Å². The molecule has 0 aromatic heterocycles. The smallest absolute Gasteiger partial charge is 0.225 e. The zero-order valence-corrected chi connectivity index (χ0v) is 12.7. The quantitative estimate of drug-likeness (QED) is 0.876. The lowest BCUT2D eigenvalue weighted by Crippen LogP contribution is -2.40. The highest BCUT2D eigenvalue weighted by atomic mass is 16.2. The number of carbonyl (C=O) groups is 1. The number of amides is 1. The number of hydrogen-bond donors (Lipinski definition) is 2. The lowest BCUT2D eigenvalue weighted by atomic mass is 9.91. The van der Waals surface area contributed by atoms with Crippen molar-refractivity contribution in [3.63, 3.8) is 0 Å². The van der Waals surface area contributed by atoms with Crippen molar-refractivity contribution in [2.45, 2.75) is 46.6 Å². The van der Waals surface area contributed by atoms with Gasteiger partial charge in [-0.1, -0.05) is 58.9 Å². The molecule has 1 atom stereocenters. The van der Waals surface area contributed by atoms with E-state index in [2.05, 4.69) is 31.3 Å². The number of carbonyl (C=O) groups excluding carboxylic acids is 1. The fourth-order valence-electron chi connectivity index (χ4n) is 1.99. The van der Waals surface area contributed by atoms with E-state index in [-0.39, 0.29) is 11.9 Å². The van der Waals surface area contributed by atoms with Crippen LogP contribution in [-0.2, 0) is 4.79 Å². The van der Waals surface area contributed by atoms with E-state index in [1.165, 1.54) is 5.56 Å². The minimum Gasteiger partial charge on any atom is -0.348 e. The van der Waals surface area contributed by atoms with E-state index in [1.54, 1.807) is 0 Å². The summed E-state index contributed by atoms with van der Waals surface area (Å²) >= 11 is 0. The molecule has 3 nitrogen and oxygen atoms in total. The second kappa shape index (κ2) is 6.20. The molecule has 0 heterocycles. The number of nitrogens with one attached hydrogen (secondary N) is 1. The predicted molar refractivity (Wildman–Crippen MR) is 79.9 cm³/mol. The minimum atomic E-state index is -0.403. The largest absolute Gasteiger partial charge is 0.348 e. The molecule has 3 heteroatoms. The Balaban J connectivity index is 3.01. The van der Waals surface area contributed by atoms with Crippen molar-refractivity contribution in [3.05, 3.63) is 35.4 Å². The van der Waals surface area contributed by atoms with Gasteiger partial charge in [0.1, 0.15) is 0 Å². The molecular formula is C16H26N2O. The molecule has 19 heavy (non-hydrogen) atoms. The van der Waals surface area contributed by atoms with Crippen LogP contribution >= 0.6 is 0 Å². The van der Waals surface area contributed by atoms with E-state index in [4.69, 9.17) is 5.73 Å². The second-order valence-electron chi connectivity index (χ2n) is 6.30. The molecule has 1 unspecified atom stereocenters. The van der Waals surface area contributed by atoms with Crippen LogP contribution in [-0.4, -0.2) is 12.5 Å². The molecule has 3 N–H and O–H groups in total. The van der Waals surface area contributed by atoms with Gasteiger partial charge in [0.25, 0.3) is 0 Å². The molecule has 0 aliphatic rings. The summed E-state index contributed by atoms with van der Waals surface area (Å²) in [4.78, 5) is 12.1. The van der Waals surface area contributed by atoms with Gasteiger partial charge in [0.15, 0.2) is 0 Å². The van der Waals surface area contributed by atoms with E-state index in [9.17, 15) is 4.79 Å². The molecular weight excluding hydrogens is 236 g/mol. The van der Waals surface area contributed by atoms with E-state index in [0.29, 0.717) is 12.5 Å². The Hall–Kier alpha value is -1.35. The second-order valence-corrected chi connectivity index (χ2v) is 6.30. The molecule has 0 spiro atoms. The van der Waals surface area contributed by atoms with Crippen LogP contribution in [0.25, 0.3) is 0 Å². The van der Waals surface area contributed by atoms with Crippen LogP contribution in [0.1, 0.15) is 57.7 Å². The fourth-order valence-corrected chi connectivity index (χ4v) is 1.99. The van der Waals surface area contributed by atoms with E-state index < -0.39 is 5.41 Å². The van der Waals surface area contributed by atoms with Crippen molar-refractivity contribution in [1.82, 2.24) is 5.32 Å². The Morgan fingerprint density at radius 2 is 1.74 bits per heavy atom. The van der Waals surface area contributed by atoms with Crippen molar-refractivity contribution in [1.29, 1.82) is 0 Å². The molecule has 106 valence electrons. The van der Waals surface area contributed by atoms with Crippen molar-refractivity contribution < 1.29 is 4.79 Å². The normalized spacial score (nSPS) is 13.4. The van der Waals surface area contributed by atoms with Gasteiger partial charge in [0.2, 0.25) is 5.91 Å². The molecule has 1 aromatic rings. The van der Waals surface area contributed by atoms with E-state index in [0.717, 1.165) is 5.56 Å². The number of benzene rings is 1. The van der Waals surface area contributed by atoms with Crippen LogP contribution in [0.5, 0.6) is 0 Å². The SMILES string of the molecule is CC(C)c1ccccc1C(CN)NC(=O)C(C)(C)C. The topological polar surface area (TPSA) is 55.1 Å². The molecule has 0 saturated carbocycles. The first-order valence-corrected chi connectivity index (χ1v) is 6.87. The predicted octanol–water partition coefficient (Wildman–Crippen LogP) is 2.97. The third-order valence-electron chi connectivity index (χ3n) is 3.22. The van der Waals surface area contributed by atoms with Crippen LogP contribution in [0.15, 0.2) is 24.3 Å². The van der Waals surface area contributed by atoms with E-state index >= 15 is 0 Å². The monoisotopic (exact) mass is 262 g/mol. The van der Waals surface area contributed by atoms with E-state index in [1.807, 2.05) is 32.9 Å². The van der Waals surface area contributed by atoms with Gasteiger partial charge in [-0.05, 0) is 17.0 Å². The maximum atomic E-state index is 12.1. The average Bonchev–Trinajstić information content (AvgIpc) is 2.34. The van der Waals surface area contributed by atoms with Crippen molar-refractivity contribution >= 4 is 5.91 Å². The zero-order valence-electron chi connectivity index (χ0n) is 12.7. The molecule has 1 aromatic carbocycles. The Kier molecular flexibility index (Phi) is 5.12. The van der Waals surface area contributed by atoms with Crippen LogP contribution in [0, 0.1) is 5.41 Å². The molecule has 0 saturated heterocycles. The summed E-state index contributed by atoms with van der Waals surface area (Å²) in [6, 6.07) is 8.05. The van der Waals surface area contributed by atoms with Crippen molar-refractivity contribution in [3.8, 4) is 0 Å². The van der Waals surface area contributed by atoms with Crippen LogP contribution in [0.2, 0.25) is 0 Å². The summed E-state index contributed by atoms with van der Waals surface area (Å²) in [5, 5.41) is 3.05. The highest BCUT2D eigenvalue weighted by Gasteiger charge is 2.25. The Bertz CT molecular complexity index is 433. The van der Waals surface area contributed by atoms with Crippen LogP contribution in [0.4, 0.5) is 0 Å². The summed E-state index contributed by atoms with van der Waals surface area (Å²) in [5.41, 5.74) is 7.81. The number of nitrogens with two attached hydrogens (primary N) is 1. The van der Waals surface area contributed by atoms with Gasteiger partial charge >= 0.3 is 0 Å². The van der Waals surface area contributed by atoms with Crippen molar-refractivity contribution in [2.75, 3.05) is 6.54 Å². The molecule has 1 amide bonds. The standard InChI is InChI=1S/C16H26N2O/c1-11(2)12-8-6-7-9-13(12)14(10-17)18-15(19)16(3,4)5/h6-9,11,14H,10,17H2,1-5H3,(H,18,19). The molecule has 0 aliphatic heterocycles. The maximum Gasteiger partial charge on any atom is 0.225 e. The highest BCUT2D eigenvalue weighted by molar-refractivity contribution is 5.81. The van der Waals surface area contributed by atoms with Crippen LogP contribution in [0.3, 0.4) is 0 Å². The van der Waals surface area contributed by atoms with Gasteiger partial charge in [-0.2, -0.15) is 0 Å². The minimum absolute atomic E-state index is 0.0292. The van der Waals surface area contributed by atoms with Gasteiger partial charge in [-0.3, -0.25) is 4.79 Å². The number of hydrogen-bond acceptors (Lipinski definition) is 2. The summed E-state index contributed by atoms with van der Waals surface area (Å²) < 4.78 is 0.